The second kappa shape index (κ2) is 6.36. The lowest BCUT2D eigenvalue weighted by atomic mass is 9.89. The summed E-state index contributed by atoms with van der Waals surface area (Å²) >= 11 is 1.82. The Labute approximate surface area is 115 Å². The Bertz CT molecular complexity index is 385. The van der Waals surface area contributed by atoms with E-state index in [1.54, 1.807) is 0 Å². The van der Waals surface area contributed by atoms with E-state index in [-0.39, 0.29) is 10.8 Å². The van der Waals surface area contributed by atoms with Crippen molar-refractivity contribution in [2.24, 2.45) is 5.41 Å². The highest BCUT2D eigenvalue weighted by atomic mass is 32.1. The zero-order chi connectivity index (χ0) is 13.6. The Kier molecular flexibility index (Phi) is 5.37. The fraction of sp³-hybridized carbons (Fsp3) is 0.667. The molecule has 0 spiro atoms. The number of hydrogen-bond acceptors (Lipinski definition) is 3. The van der Waals surface area contributed by atoms with Crippen molar-refractivity contribution in [1.82, 2.24) is 5.32 Å². The lowest BCUT2D eigenvalue weighted by molar-refractivity contribution is 0.410. The second-order valence-corrected chi connectivity index (χ2v) is 7.08. The van der Waals surface area contributed by atoms with E-state index in [0.29, 0.717) is 0 Å². The van der Waals surface area contributed by atoms with Crippen LogP contribution >= 0.6 is 11.3 Å². The quantitative estimate of drug-likeness (QED) is 0.757. The Balaban J connectivity index is 2.25. The molecular formula is C15H24N2S. The van der Waals surface area contributed by atoms with Crippen molar-refractivity contribution in [2.75, 3.05) is 13.1 Å². The summed E-state index contributed by atoms with van der Waals surface area (Å²) in [6, 6.07) is 6.65. The first-order chi connectivity index (χ1) is 8.37. The molecule has 0 bridgehead atoms. The standard InChI is InChI=1S/C15H24N2S/c1-14(2,11-16)8-6-9-17-12-15(3,4)13-7-5-10-18-13/h5,7,10,17H,6,8-9,12H2,1-4H3. The SMILES string of the molecule is CC(C)(C#N)CCCNCC(C)(C)c1cccs1. The van der Waals surface area contributed by atoms with Crippen molar-refractivity contribution in [2.45, 2.75) is 46.0 Å². The largest absolute Gasteiger partial charge is 0.316 e. The van der Waals surface area contributed by atoms with Crippen LogP contribution in [0.5, 0.6) is 0 Å². The van der Waals surface area contributed by atoms with Gasteiger partial charge in [0.2, 0.25) is 0 Å². The van der Waals surface area contributed by atoms with Crippen LogP contribution < -0.4 is 5.32 Å². The van der Waals surface area contributed by atoms with Gasteiger partial charge in [-0.15, -0.1) is 11.3 Å². The fourth-order valence-corrected chi connectivity index (χ4v) is 2.71. The molecule has 100 valence electrons. The maximum Gasteiger partial charge on any atom is 0.0683 e. The highest BCUT2D eigenvalue weighted by Gasteiger charge is 2.21. The van der Waals surface area contributed by atoms with Crippen molar-refractivity contribution in [3.63, 3.8) is 0 Å². The van der Waals surface area contributed by atoms with Gasteiger partial charge in [0.1, 0.15) is 0 Å². The van der Waals surface area contributed by atoms with E-state index < -0.39 is 0 Å². The summed E-state index contributed by atoms with van der Waals surface area (Å²) in [4.78, 5) is 1.42. The lowest BCUT2D eigenvalue weighted by Crippen LogP contribution is -2.33. The van der Waals surface area contributed by atoms with E-state index in [1.165, 1.54) is 4.88 Å². The van der Waals surface area contributed by atoms with E-state index in [4.69, 9.17) is 5.26 Å². The molecule has 0 radical (unpaired) electrons. The van der Waals surface area contributed by atoms with Crippen LogP contribution in [0.2, 0.25) is 0 Å². The molecule has 2 nitrogen and oxygen atoms in total. The van der Waals surface area contributed by atoms with Gasteiger partial charge in [-0.05, 0) is 44.7 Å². The third-order valence-corrected chi connectivity index (χ3v) is 4.45. The molecule has 0 atom stereocenters. The van der Waals surface area contributed by atoms with Gasteiger partial charge in [-0.1, -0.05) is 19.9 Å². The maximum absolute atomic E-state index is 8.94. The monoisotopic (exact) mass is 264 g/mol. The molecule has 1 rings (SSSR count). The van der Waals surface area contributed by atoms with Gasteiger partial charge in [0.05, 0.1) is 11.5 Å². The molecule has 1 aromatic heterocycles. The van der Waals surface area contributed by atoms with E-state index in [0.717, 1.165) is 25.9 Å². The van der Waals surface area contributed by atoms with Crippen LogP contribution in [0.1, 0.15) is 45.4 Å². The smallest absolute Gasteiger partial charge is 0.0683 e. The first-order valence-electron chi connectivity index (χ1n) is 6.53. The highest BCUT2D eigenvalue weighted by Crippen LogP contribution is 2.26. The number of hydrogen-bond donors (Lipinski definition) is 1. The normalized spacial score (nSPS) is 12.4. The molecule has 0 unspecified atom stereocenters. The number of nitrogens with one attached hydrogen (secondary N) is 1. The molecule has 1 heterocycles. The topological polar surface area (TPSA) is 35.8 Å². The Morgan fingerprint density at radius 1 is 1.33 bits per heavy atom. The van der Waals surface area contributed by atoms with E-state index >= 15 is 0 Å². The van der Waals surface area contributed by atoms with Crippen LogP contribution in [0.3, 0.4) is 0 Å². The van der Waals surface area contributed by atoms with Gasteiger partial charge in [-0.3, -0.25) is 0 Å². The molecular weight excluding hydrogens is 240 g/mol. The van der Waals surface area contributed by atoms with Crippen molar-refractivity contribution >= 4 is 11.3 Å². The molecule has 0 saturated heterocycles. The minimum atomic E-state index is -0.190. The molecule has 18 heavy (non-hydrogen) atoms. The average molecular weight is 264 g/mol. The molecule has 0 aromatic carbocycles. The summed E-state index contributed by atoms with van der Waals surface area (Å²) < 4.78 is 0. The van der Waals surface area contributed by atoms with Crippen LogP contribution in [0.15, 0.2) is 17.5 Å². The average Bonchev–Trinajstić information content (AvgIpc) is 2.82. The fourth-order valence-electron chi connectivity index (χ4n) is 1.86. The van der Waals surface area contributed by atoms with E-state index in [2.05, 4.69) is 42.7 Å². The summed E-state index contributed by atoms with van der Waals surface area (Å²) in [6.45, 7) is 10.5. The van der Waals surface area contributed by atoms with Gasteiger partial charge in [0.25, 0.3) is 0 Å². The number of thiophene rings is 1. The molecule has 0 amide bonds. The number of nitrogens with zero attached hydrogens (tertiary/aromatic N) is 1. The number of nitriles is 1. The Hall–Kier alpha value is -0.850. The molecule has 0 aliphatic heterocycles. The third-order valence-electron chi connectivity index (χ3n) is 3.21. The van der Waals surface area contributed by atoms with Gasteiger partial charge >= 0.3 is 0 Å². The number of rotatable bonds is 7. The van der Waals surface area contributed by atoms with Crippen LogP contribution in [0.4, 0.5) is 0 Å². The molecule has 0 aliphatic carbocycles. The summed E-state index contributed by atoms with van der Waals surface area (Å²) in [7, 11) is 0. The van der Waals surface area contributed by atoms with Crippen molar-refractivity contribution in [1.29, 1.82) is 5.26 Å². The first-order valence-corrected chi connectivity index (χ1v) is 7.41. The zero-order valence-corrected chi connectivity index (χ0v) is 12.7. The molecule has 1 aromatic rings. The molecule has 0 fully saturated rings. The third kappa shape index (κ3) is 4.80. The molecule has 0 aliphatic rings. The van der Waals surface area contributed by atoms with E-state index in [1.807, 2.05) is 25.2 Å². The summed E-state index contributed by atoms with van der Waals surface area (Å²) in [6.07, 6.45) is 2.01. The van der Waals surface area contributed by atoms with Crippen LogP contribution in [0, 0.1) is 16.7 Å². The molecule has 0 saturated carbocycles. The predicted octanol–water partition coefficient (Wildman–Crippen LogP) is 3.95. The molecule has 3 heteroatoms. The Morgan fingerprint density at radius 2 is 2.06 bits per heavy atom. The summed E-state index contributed by atoms with van der Waals surface area (Å²) in [5.74, 6) is 0. The van der Waals surface area contributed by atoms with Gasteiger partial charge in [0.15, 0.2) is 0 Å². The van der Waals surface area contributed by atoms with Crippen LogP contribution in [-0.2, 0) is 5.41 Å². The van der Waals surface area contributed by atoms with Gasteiger partial charge in [-0.2, -0.15) is 5.26 Å². The van der Waals surface area contributed by atoms with Gasteiger partial charge in [-0.25, -0.2) is 0 Å². The predicted molar refractivity (Wildman–Crippen MR) is 78.8 cm³/mol. The lowest BCUT2D eigenvalue weighted by Gasteiger charge is -2.24. The minimum absolute atomic E-state index is 0.190. The van der Waals surface area contributed by atoms with Crippen LogP contribution in [-0.4, -0.2) is 13.1 Å². The van der Waals surface area contributed by atoms with E-state index in [9.17, 15) is 0 Å². The summed E-state index contributed by atoms with van der Waals surface area (Å²) in [5, 5.41) is 14.6. The van der Waals surface area contributed by atoms with Crippen molar-refractivity contribution in [3.05, 3.63) is 22.4 Å². The summed E-state index contributed by atoms with van der Waals surface area (Å²) in [5.41, 5.74) is 0.00383. The van der Waals surface area contributed by atoms with Crippen molar-refractivity contribution < 1.29 is 0 Å². The van der Waals surface area contributed by atoms with Crippen LogP contribution in [0.25, 0.3) is 0 Å². The molecule has 1 N–H and O–H groups in total. The van der Waals surface area contributed by atoms with Crippen molar-refractivity contribution in [3.8, 4) is 6.07 Å². The zero-order valence-electron chi connectivity index (χ0n) is 11.9. The van der Waals surface area contributed by atoms with Gasteiger partial charge in [0, 0.05) is 16.8 Å². The second-order valence-electron chi connectivity index (χ2n) is 6.14. The first kappa shape index (κ1) is 15.2. The highest BCUT2D eigenvalue weighted by molar-refractivity contribution is 7.10. The Morgan fingerprint density at radius 3 is 2.61 bits per heavy atom. The minimum Gasteiger partial charge on any atom is -0.316 e. The van der Waals surface area contributed by atoms with Gasteiger partial charge < -0.3 is 5.32 Å². The maximum atomic E-state index is 8.94.